The molecule has 30 heavy (non-hydrogen) atoms. The minimum absolute atomic E-state index is 0.148. The van der Waals surface area contributed by atoms with Crippen molar-refractivity contribution in [1.82, 2.24) is 30.0 Å². The van der Waals surface area contributed by atoms with Crippen molar-refractivity contribution in [3.63, 3.8) is 0 Å². The first-order chi connectivity index (χ1) is 14.4. The van der Waals surface area contributed by atoms with E-state index in [2.05, 4.69) is 22.3 Å². The summed E-state index contributed by atoms with van der Waals surface area (Å²) in [4.78, 5) is 1.62. The highest BCUT2D eigenvalue weighted by atomic mass is 35.5. The number of halogens is 3. The standard InChI is InChI=1S/C21H19Cl3N6/c1-4-12(2)30-27-21(25-28-30)19-13(3)20(14-5-7-15(22)8-6-14)29(26-19)18-10-9-16(23)11-17(18)24/h5-12H,4H2,1-3H3. The summed E-state index contributed by atoms with van der Waals surface area (Å²) in [5.41, 5.74) is 4.06. The van der Waals surface area contributed by atoms with Crippen LogP contribution in [-0.2, 0) is 0 Å². The van der Waals surface area contributed by atoms with Crippen LogP contribution < -0.4 is 0 Å². The Kier molecular flexibility index (Phi) is 5.82. The molecule has 0 amide bonds. The molecule has 154 valence electrons. The molecule has 6 nitrogen and oxygen atoms in total. The highest BCUT2D eigenvalue weighted by Crippen LogP contribution is 2.35. The van der Waals surface area contributed by atoms with Crippen molar-refractivity contribution in [3.8, 4) is 28.5 Å². The molecule has 9 heteroatoms. The molecule has 0 N–H and O–H groups in total. The Morgan fingerprint density at radius 2 is 1.67 bits per heavy atom. The van der Waals surface area contributed by atoms with Gasteiger partial charge in [-0.1, -0.05) is 53.9 Å². The average molecular weight is 462 g/mol. The summed E-state index contributed by atoms with van der Waals surface area (Å²) in [6.45, 7) is 6.11. The van der Waals surface area contributed by atoms with Gasteiger partial charge in [-0.05, 0) is 55.8 Å². The van der Waals surface area contributed by atoms with Crippen molar-refractivity contribution in [2.75, 3.05) is 0 Å². The molecule has 0 aliphatic rings. The third-order valence-electron chi connectivity index (χ3n) is 5.00. The molecule has 0 fully saturated rings. The van der Waals surface area contributed by atoms with E-state index >= 15 is 0 Å². The van der Waals surface area contributed by atoms with Crippen LogP contribution in [0, 0.1) is 6.92 Å². The van der Waals surface area contributed by atoms with Gasteiger partial charge >= 0.3 is 0 Å². The van der Waals surface area contributed by atoms with Crippen LogP contribution in [0.1, 0.15) is 31.9 Å². The maximum atomic E-state index is 6.51. The summed E-state index contributed by atoms with van der Waals surface area (Å²) in [6, 6.07) is 13.0. The van der Waals surface area contributed by atoms with Crippen LogP contribution in [0.2, 0.25) is 15.1 Å². The van der Waals surface area contributed by atoms with E-state index in [1.807, 2.05) is 44.2 Å². The second kappa shape index (κ2) is 8.38. The Bertz CT molecular complexity index is 1200. The fraction of sp³-hybridized carbons (Fsp3) is 0.238. The van der Waals surface area contributed by atoms with Gasteiger partial charge < -0.3 is 0 Å². The number of aromatic nitrogens is 6. The number of benzene rings is 2. The predicted molar refractivity (Wildman–Crippen MR) is 121 cm³/mol. The largest absolute Gasteiger partial charge is 0.231 e. The first-order valence-electron chi connectivity index (χ1n) is 9.50. The molecule has 0 aliphatic heterocycles. The first kappa shape index (κ1) is 20.8. The maximum absolute atomic E-state index is 6.51. The van der Waals surface area contributed by atoms with E-state index in [0.717, 1.165) is 23.2 Å². The van der Waals surface area contributed by atoms with E-state index in [1.54, 1.807) is 21.6 Å². The van der Waals surface area contributed by atoms with Crippen molar-refractivity contribution in [2.24, 2.45) is 0 Å². The molecular weight excluding hydrogens is 443 g/mol. The zero-order valence-corrected chi connectivity index (χ0v) is 18.9. The Morgan fingerprint density at radius 1 is 0.967 bits per heavy atom. The Labute approximate surface area is 189 Å². The van der Waals surface area contributed by atoms with E-state index in [-0.39, 0.29) is 6.04 Å². The Balaban J connectivity index is 1.93. The van der Waals surface area contributed by atoms with Gasteiger partial charge in [-0.25, -0.2) is 4.68 Å². The quantitative estimate of drug-likeness (QED) is 0.343. The first-order valence-corrected chi connectivity index (χ1v) is 10.6. The van der Waals surface area contributed by atoms with E-state index in [4.69, 9.17) is 39.9 Å². The summed E-state index contributed by atoms with van der Waals surface area (Å²) in [5.74, 6) is 0.465. The second-order valence-corrected chi connectivity index (χ2v) is 8.31. The summed E-state index contributed by atoms with van der Waals surface area (Å²) in [6.07, 6.45) is 0.902. The monoisotopic (exact) mass is 460 g/mol. The smallest absolute Gasteiger partial charge is 0.225 e. The fourth-order valence-electron chi connectivity index (χ4n) is 3.15. The van der Waals surface area contributed by atoms with Crippen LogP contribution >= 0.6 is 34.8 Å². The van der Waals surface area contributed by atoms with Crippen molar-refractivity contribution in [3.05, 3.63) is 63.1 Å². The Hall–Kier alpha value is -2.41. The van der Waals surface area contributed by atoms with Crippen molar-refractivity contribution in [1.29, 1.82) is 0 Å². The molecule has 0 bridgehead atoms. The summed E-state index contributed by atoms with van der Waals surface area (Å²) in [7, 11) is 0. The lowest BCUT2D eigenvalue weighted by Crippen LogP contribution is -2.07. The predicted octanol–water partition coefficient (Wildman–Crippen LogP) is 6.43. The molecule has 4 aromatic rings. The number of nitrogens with zero attached hydrogens (tertiary/aromatic N) is 6. The Morgan fingerprint density at radius 3 is 2.33 bits per heavy atom. The number of rotatable bonds is 5. The van der Waals surface area contributed by atoms with Crippen LogP contribution in [0.3, 0.4) is 0 Å². The molecule has 1 atom stereocenters. The van der Waals surface area contributed by atoms with Crippen molar-refractivity contribution in [2.45, 2.75) is 33.2 Å². The minimum Gasteiger partial charge on any atom is -0.231 e. The fourth-order valence-corrected chi connectivity index (χ4v) is 3.77. The summed E-state index contributed by atoms with van der Waals surface area (Å²) < 4.78 is 1.79. The van der Waals surface area contributed by atoms with Crippen molar-refractivity contribution < 1.29 is 0 Å². The summed E-state index contributed by atoms with van der Waals surface area (Å²) >= 11 is 18.7. The summed E-state index contributed by atoms with van der Waals surface area (Å²) in [5, 5.41) is 19.5. The van der Waals surface area contributed by atoms with Gasteiger partial charge in [0.15, 0.2) is 0 Å². The molecule has 1 unspecified atom stereocenters. The van der Waals surface area contributed by atoms with Gasteiger partial charge in [-0.15, -0.1) is 10.2 Å². The molecule has 0 radical (unpaired) electrons. The van der Waals surface area contributed by atoms with Crippen LogP contribution in [0.5, 0.6) is 0 Å². The normalized spacial score (nSPS) is 12.3. The molecular formula is C21H19Cl3N6. The van der Waals surface area contributed by atoms with Gasteiger partial charge in [0.1, 0.15) is 5.69 Å². The molecule has 4 rings (SSSR count). The average Bonchev–Trinajstić information content (AvgIpc) is 3.33. The molecule has 0 spiro atoms. The third kappa shape index (κ3) is 3.83. The van der Waals surface area contributed by atoms with Crippen LogP contribution in [0.15, 0.2) is 42.5 Å². The topological polar surface area (TPSA) is 61.4 Å². The SMILES string of the molecule is CCC(C)n1nnc(-c2nn(-c3ccc(Cl)cc3Cl)c(-c3ccc(Cl)cc3)c2C)n1. The molecule has 0 aliphatic carbocycles. The number of hydrogen-bond donors (Lipinski definition) is 0. The lowest BCUT2D eigenvalue weighted by molar-refractivity contribution is 0.414. The zero-order chi connectivity index (χ0) is 21.4. The van der Waals surface area contributed by atoms with E-state index in [0.29, 0.717) is 32.3 Å². The van der Waals surface area contributed by atoms with E-state index < -0.39 is 0 Å². The van der Waals surface area contributed by atoms with Gasteiger partial charge in [-0.3, -0.25) is 0 Å². The van der Waals surface area contributed by atoms with Crippen LogP contribution in [-0.4, -0.2) is 30.0 Å². The van der Waals surface area contributed by atoms with Gasteiger partial charge in [0.2, 0.25) is 5.82 Å². The van der Waals surface area contributed by atoms with Crippen LogP contribution in [0.25, 0.3) is 28.5 Å². The minimum atomic E-state index is 0.148. The molecule has 0 saturated heterocycles. The van der Waals surface area contributed by atoms with Gasteiger partial charge in [-0.2, -0.15) is 9.90 Å². The van der Waals surface area contributed by atoms with Gasteiger partial charge in [0, 0.05) is 21.2 Å². The molecule has 0 saturated carbocycles. The molecule has 2 heterocycles. The zero-order valence-electron chi connectivity index (χ0n) is 16.6. The number of hydrogen-bond acceptors (Lipinski definition) is 4. The van der Waals surface area contributed by atoms with E-state index in [9.17, 15) is 0 Å². The molecule has 2 aromatic carbocycles. The van der Waals surface area contributed by atoms with Crippen molar-refractivity contribution >= 4 is 34.8 Å². The lowest BCUT2D eigenvalue weighted by atomic mass is 10.1. The number of tetrazole rings is 1. The van der Waals surface area contributed by atoms with Gasteiger partial charge in [0.25, 0.3) is 0 Å². The maximum Gasteiger partial charge on any atom is 0.225 e. The van der Waals surface area contributed by atoms with E-state index in [1.165, 1.54) is 0 Å². The van der Waals surface area contributed by atoms with Gasteiger partial charge in [0.05, 0.1) is 22.4 Å². The highest BCUT2D eigenvalue weighted by molar-refractivity contribution is 6.35. The second-order valence-electron chi connectivity index (χ2n) is 7.03. The highest BCUT2D eigenvalue weighted by Gasteiger charge is 2.23. The molecule has 2 aromatic heterocycles. The lowest BCUT2D eigenvalue weighted by Gasteiger charge is -2.11. The third-order valence-corrected chi connectivity index (χ3v) is 5.79. The van der Waals surface area contributed by atoms with Crippen LogP contribution in [0.4, 0.5) is 0 Å².